The van der Waals surface area contributed by atoms with Crippen LogP contribution in [-0.2, 0) is 0 Å². The molecule has 1 saturated carbocycles. The molecule has 5 nitrogen and oxygen atoms in total. The van der Waals surface area contributed by atoms with Crippen LogP contribution in [-0.4, -0.2) is 29.2 Å². The highest BCUT2D eigenvalue weighted by Gasteiger charge is 2.28. The monoisotopic (exact) mass is 374 g/mol. The first-order valence-electron chi connectivity index (χ1n) is 7.40. The molecule has 24 heavy (non-hydrogen) atoms. The van der Waals surface area contributed by atoms with Crippen molar-refractivity contribution in [1.29, 1.82) is 0 Å². The Hall–Kier alpha value is -1.63. The van der Waals surface area contributed by atoms with Crippen LogP contribution in [0.1, 0.15) is 24.5 Å². The molecule has 0 saturated heterocycles. The molecule has 1 aliphatic rings. The highest BCUT2D eigenvalue weighted by atomic mass is 35.5. The van der Waals surface area contributed by atoms with Gasteiger partial charge in [-0.25, -0.2) is 14.4 Å². The van der Waals surface area contributed by atoms with Crippen LogP contribution in [0.4, 0.5) is 10.2 Å². The first-order chi connectivity index (χ1) is 10.7. The Bertz CT molecular complexity index is 624. The van der Waals surface area contributed by atoms with Crippen molar-refractivity contribution in [1.82, 2.24) is 9.97 Å². The average molecular weight is 375 g/mol. The summed E-state index contributed by atoms with van der Waals surface area (Å²) in [5.41, 5.74) is 6.85. The van der Waals surface area contributed by atoms with Crippen LogP contribution in [0.15, 0.2) is 36.7 Å². The Morgan fingerprint density at radius 1 is 1.17 bits per heavy atom. The van der Waals surface area contributed by atoms with E-state index in [0.717, 1.165) is 24.4 Å². The van der Waals surface area contributed by atoms with E-state index in [4.69, 9.17) is 10.5 Å². The van der Waals surface area contributed by atoms with Crippen molar-refractivity contribution in [2.45, 2.75) is 24.8 Å². The third-order valence-electron chi connectivity index (χ3n) is 3.77. The smallest absolute Gasteiger partial charge is 0.129 e. The summed E-state index contributed by atoms with van der Waals surface area (Å²) < 4.78 is 18.3. The fourth-order valence-corrected chi connectivity index (χ4v) is 2.47. The second-order valence-corrected chi connectivity index (χ2v) is 5.49. The summed E-state index contributed by atoms with van der Waals surface area (Å²) in [6.07, 6.45) is 3.55. The number of nitrogens with one attached hydrogen (secondary N) is 1. The Balaban J connectivity index is 0.00000144. The molecule has 3 N–H and O–H groups in total. The van der Waals surface area contributed by atoms with Gasteiger partial charge in [-0.1, -0.05) is 0 Å². The molecule has 0 spiro atoms. The molecule has 2 aromatic rings. The summed E-state index contributed by atoms with van der Waals surface area (Å²) >= 11 is 0. The van der Waals surface area contributed by atoms with Gasteiger partial charge in [0, 0.05) is 23.7 Å². The lowest BCUT2D eigenvalue weighted by Crippen LogP contribution is -2.35. The van der Waals surface area contributed by atoms with E-state index in [2.05, 4.69) is 15.3 Å². The van der Waals surface area contributed by atoms with Crippen LogP contribution in [0.3, 0.4) is 0 Å². The zero-order valence-corrected chi connectivity index (χ0v) is 14.7. The van der Waals surface area contributed by atoms with Crippen LogP contribution in [0.25, 0.3) is 0 Å². The second-order valence-electron chi connectivity index (χ2n) is 5.49. The van der Waals surface area contributed by atoms with Crippen molar-refractivity contribution >= 4 is 30.6 Å². The maximum Gasteiger partial charge on any atom is 0.129 e. The standard InChI is InChI=1S/C16H19FN4O.2ClH/c17-12-1-3-14(4-2-12)22-6-5-19-16-9-15(20-10-21-16)11-7-13(18)8-11;;/h1-4,9-11,13H,5-8,18H2,(H,19,20,21);2*1H. The zero-order chi connectivity index (χ0) is 15.4. The van der Waals surface area contributed by atoms with Crippen molar-refractivity contribution in [3.63, 3.8) is 0 Å². The predicted molar refractivity (Wildman–Crippen MR) is 96.9 cm³/mol. The Labute approximate surface area is 153 Å². The minimum absolute atomic E-state index is 0. The number of nitrogens with zero attached hydrogens (tertiary/aromatic N) is 2. The molecule has 1 heterocycles. The molecule has 1 aromatic carbocycles. The number of aromatic nitrogens is 2. The predicted octanol–water partition coefficient (Wildman–Crippen LogP) is 3.15. The van der Waals surface area contributed by atoms with Gasteiger partial charge in [-0.2, -0.15) is 0 Å². The quantitative estimate of drug-likeness (QED) is 0.759. The fraction of sp³-hybridized carbons (Fsp3) is 0.375. The van der Waals surface area contributed by atoms with Crippen LogP contribution in [0.2, 0.25) is 0 Å². The van der Waals surface area contributed by atoms with E-state index < -0.39 is 0 Å². The van der Waals surface area contributed by atoms with Crippen LogP contribution in [0, 0.1) is 5.82 Å². The lowest BCUT2D eigenvalue weighted by Gasteiger charge is -2.31. The van der Waals surface area contributed by atoms with E-state index >= 15 is 0 Å². The highest BCUT2D eigenvalue weighted by molar-refractivity contribution is 5.85. The molecule has 0 radical (unpaired) electrons. The van der Waals surface area contributed by atoms with Gasteiger partial charge < -0.3 is 15.8 Å². The van der Waals surface area contributed by atoms with Crippen LogP contribution in [0.5, 0.6) is 5.75 Å². The molecule has 132 valence electrons. The molecule has 0 unspecified atom stereocenters. The maximum atomic E-state index is 12.8. The number of halogens is 3. The van der Waals surface area contributed by atoms with Crippen molar-refractivity contribution in [3.8, 4) is 5.75 Å². The molecule has 8 heteroatoms. The van der Waals surface area contributed by atoms with E-state index in [1.807, 2.05) is 6.07 Å². The lowest BCUT2D eigenvalue weighted by molar-refractivity contribution is 0.332. The summed E-state index contributed by atoms with van der Waals surface area (Å²) in [5, 5.41) is 3.20. The minimum Gasteiger partial charge on any atom is -0.492 e. The third kappa shape index (κ3) is 5.47. The van der Waals surface area contributed by atoms with Crippen molar-refractivity contribution in [3.05, 3.63) is 48.2 Å². The number of rotatable bonds is 6. The molecule has 1 fully saturated rings. The van der Waals surface area contributed by atoms with Crippen molar-refractivity contribution in [2.75, 3.05) is 18.5 Å². The van der Waals surface area contributed by atoms with Gasteiger partial charge >= 0.3 is 0 Å². The largest absolute Gasteiger partial charge is 0.492 e. The lowest BCUT2D eigenvalue weighted by atomic mass is 9.79. The van der Waals surface area contributed by atoms with Gasteiger partial charge in [-0.3, -0.25) is 0 Å². The number of hydrogen-bond donors (Lipinski definition) is 2. The summed E-state index contributed by atoms with van der Waals surface area (Å²) in [7, 11) is 0. The number of nitrogens with two attached hydrogens (primary N) is 1. The summed E-state index contributed by atoms with van der Waals surface area (Å²) in [6, 6.07) is 8.25. The van der Waals surface area contributed by atoms with Crippen molar-refractivity contribution in [2.24, 2.45) is 5.73 Å². The first kappa shape index (κ1) is 20.4. The topological polar surface area (TPSA) is 73.1 Å². The molecule has 1 aliphatic carbocycles. The van der Waals surface area contributed by atoms with Gasteiger partial charge in [0.25, 0.3) is 0 Å². The van der Waals surface area contributed by atoms with Gasteiger partial charge in [0.05, 0.1) is 6.54 Å². The summed E-state index contributed by atoms with van der Waals surface area (Å²) in [4.78, 5) is 8.50. The number of benzene rings is 1. The molecule has 0 aliphatic heterocycles. The number of hydrogen-bond acceptors (Lipinski definition) is 5. The van der Waals surface area contributed by atoms with Gasteiger partial charge in [0.1, 0.15) is 30.3 Å². The zero-order valence-electron chi connectivity index (χ0n) is 13.0. The van der Waals surface area contributed by atoms with Crippen LogP contribution < -0.4 is 15.8 Å². The van der Waals surface area contributed by atoms with Crippen LogP contribution >= 0.6 is 24.8 Å². The first-order valence-corrected chi connectivity index (χ1v) is 7.40. The average Bonchev–Trinajstić information content (AvgIpc) is 2.50. The third-order valence-corrected chi connectivity index (χ3v) is 3.77. The number of ether oxygens (including phenoxy) is 1. The Morgan fingerprint density at radius 2 is 1.88 bits per heavy atom. The van der Waals surface area contributed by atoms with E-state index in [1.54, 1.807) is 18.5 Å². The van der Waals surface area contributed by atoms with E-state index in [0.29, 0.717) is 30.9 Å². The molecule has 0 bridgehead atoms. The summed E-state index contributed by atoms with van der Waals surface area (Å²) in [5.74, 6) is 1.62. The Kier molecular flexibility index (Phi) is 8.18. The molecule has 0 atom stereocenters. The SMILES string of the molecule is Cl.Cl.NC1CC(c2cc(NCCOc3ccc(F)cc3)ncn2)C1. The molecule has 0 amide bonds. The fourth-order valence-electron chi connectivity index (χ4n) is 2.47. The minimum atomic E-state index is -0.269. The van der Waals surface area contributed by atoms with E-state index in [1.165, 1.54) is 12.1 Å². The van der Waals surface area contributed by atoms with E-state index in [9.17, 15) is 4.39 Å². The van der Waals surface area contributed by atoms with Gasteiger partial charge in [-0.15, -0.1) is 24.8 Å². The normalized spacial score (nSPS) is 18.6. The van der Waals surface area contributed by atoms with E-state index in [-0.39, 0.29) is 30.6 Å². The molecule has 3 rings (SSSR count). The second kappa shape index (κ2) is 9.61. The van der Waals surface area contributed by atoms with Gasteiger partial charge in [0.2, 0.25) is 0 Å². The van der Waals surface area contributed by atoms with Crippen molar-refractivity contribution < 1.29 is 9.13 Å². The highest BCUT2D eigenvalue weighted by Crippen LogP contribution is 2.34. The maximum absolute atomic E-state index is 12.8. The molecular formula is C16H21Cl2FN4O. The summed E-state index contributed by atoms with van der Waals surface area (Å²) in [6.45, 7) is 1.08. The molecular weight excluding hydrogens is 354 g/mol. The van der Waals surface area contributed by atoms with Gasteiger partial charge in [0.15, 0.2) is 0 Å². The van der Waals surface area contributed by atoms with Gasteiger partial charge in [-0.05, 0) is 37.1 Å². The number of anilines is 1. The molecule has 1 aromatic heterocycles. The Morgan fingerprint density at radius 3 is 2.54 bits per heavy atom.